The van der Waals surface area contributed by atoms with Gasteiger partial charge in [-0.25, -0.2) is 17.6 Å². The molecular formula is C19H24F4N2O6S. The fourth-order valence-corrected chi connectivity index (χ4v) is 5.21. The quantitative estimate of drug-likeness (QED) is 0.644. The third-order valence-corrected chi connectivity index (χ3v) is 7.83. The number of piperidine rings is 1. The maximum absolute atomic E-state index is 13.1. The molecule has 2 atom stereocenters. The minimum Gasteiger partial charge on any atom is -0.434 e. The van der Waals surface area contributed by atoms with Crippen LogP contribution in [-0.2, 0) is 19.5 Å². The Balaban J connectivity index is 1.59. The number of sulfonamides is 1. The van der Waals surface area contributed by atoms with Gasteiger partial charge in [-0.05, 0) is 43.5 Å². The molecule has 2 aliphatic rings. The number of hydrogen-bond acceptors (Lipinski definition) is 6. The normalized spacial score (nSPS) is 22.3. The van der Waals surface area contributed by atoms with E-state index in [0.717, 1.165) is 17.0 Å². The minimum absolute atomic E-state index is 0.0528. The molecule has 1 N–H and O–H groups in total. The summed E-state index contributed by atoms with van der Waals surface area (Å²) in [4.78, 5) is 13.1. The van der Waals surface area contributed by atoms with E-state index in [1.165, 1.54) is 23.5 Å². The Morgan fingerprint density at radius 3 is 2.44 bits per heavy atom. The molecule has 1 aromatic rings. The number of likely N-dealkylation sites (tertiary alicyclic amines) is 1. The summed E-state index contributed by atoms with van der Waals surface area (Å²) < 4.78 is 88.3. The average Bonchev–Trinajstić information content (AvgIpc) is 3.14. The Morgan fingerprint density at radius 1 is 1.31 bits per heavy atom. The van der Waals surface area contributed by atoms with E-state index in [9.17, 15) is 30.8 Å². The van der Waals surface area contributed by atoms with Gasteiger partial charge in [-0.1, -0.05) is 0 Å². The Bertz CT molecular complexity index is 917. The van der Waals surface area contributed by atoms with Crippen LogP contribution in [0.4, 0.5) is 22.4 Å². The van der Waals surface area contributed by atoms with E-state index in [0.29, 0.717) is 19.3 Å². The van der Waals surface area contributed by atoms with E-state index < -0.39 is 52.5 Å². The topological polar surface area (TPSA) is 96.4 Å². The number of benzene rings is 1. The van der Waals surface area contributed by atoms with Gasteiger partial charge in [0.2, 0.25) is 16.1 Å². The first-order chi connectivity index (χ1) is 14.9. The van der Waals surface area contributed by atoms with E-state index in [1.807, 2.05) is 0 Å². The Hall–Kier alpha value is -1.96. The molecule has 2 saturated heterocycles. The van der Waals surface area contributed by atoms with Gasteiger partial charge in [-0.3, -0.25) is 0 Å². The molecule has 1 unspecified atom stereocenters. The van der Waals surface area contributed by atoms with Crippen LogP contribution in [0, 0.1) is 5.82 Å². The van der Waals surface area contributed by atoms with Crippen molar-refractivity contribution >= 4 is 16.1 Å². The van der Waals surface area contributed by atoms with Crippen molar-refractivity contribution in [3.63, 3.8) is 0 Å². The number of halogens is 4. The monoisotopic (exact) mass is 484 g/mol. The maximum Gasteiger partial charge on any atom is 0.427 e. The molecule has 8 nitrogen and oxygen atoms in total. The summed E-state index contributed by atoms with van der Waals surface area (Å²) >= 11 is 0. The first kappa shape index (κ1) is 24.7. The fourth-order valence-electron chi connectivity index (χ4n) is 3.87. The summed E-state index contributed by atoms with van der Waals surface area (Å²) in [5, 5.41) is 8.81. The predicted octanol–water partition coefficient (Wildman–Crippen LogP) is 2.13. The highest BCUT2D eigenvalue weighted by molar-refractivity contribution is 7.89. The highest BCUT2D eigenvalue weighted by atomic mass is 32.2. The summed E-state index contributed by atoms with van der Waals surface area (Å²) in [5.74, 6) is -0.555. The molecule has 0 saturated carbocycles. The molecule has 0 aliphatic carbocycles. The van der Waals surface area contributed by atoms with Crippen LogP contribution in [0.15, 0.2) is 29.2 Å². The molecule has 0 aromatic heterocycles. The molecule has 13 heteroatoms. The first-order valence-electron chi connectivity index (χ1n) is 9.89. The van der Waals surface area contributed by atoms with E-state index in [-0.39, 0.29) is 24.6 Å². The number of aliphatic hydroxyl groups is 1. The SMILES string of the molecule is CN(C1COC2(CCN(C(=O)O[C@@H](CO)C(F)(F)F)CC2)C1)S(=O)(=O)c1ccc(F)cc1. The Morgan fingerprint density at radius 2 is 1.91 bits per heavy atom. The van der Waals surface area contributed by atoms with E-state index in [4.69, 9.17) is 9.84 Å². The van der Waals surface area contributed by atoms with Gasteiger partial charge in [0.05, 0.1) is 29.8 Å². The van der Waals surface area contributed by atoms with E-state index in [1.54, 1.807) is 0 Å². The number of carbonyl (C=O) groups excluding carboxylic acids is 1. The molecular weight excluding hydrogens is 460 g/mol. The van der Waals surface area contributed by atoms with Crippen molar-refractivity contribution in [2.45, 2.75) is 48.1 Å². The van der Waals surface area contributed by atoms with Gasteiger partial charge < -0.3 is 19.5 Å². The molecule has 32 heavy (non-hydrogen) atoms. The van der Waals surface area contributed by atoms with E-state index in [2.05, 4.69) is 4.74 Å². The number of hydrogen-bond donors (Lipinski definition) is 1. The van der Waals surface area contributed by atoms with Crippen LogP contribution in [-0.4, -0.2) is 86.1 Å². The Labute approximate surface area is 182 Å². The van der Waals surface area contributed by atoms with Crippen LogP contribution in [0.2, 0.25) is 0 Å². The first-order valence-corrected chi connectivity index (χ1v) is 11.3. The van der Waals surface area contributed by atoms with Crippen molar-refractivity contribution in [2.75, 3.05) is 33.4 Å². The van der Waals surface area contributed by atoms with Crippen molar-refractivity contribution in [1.82, 2.24) is 9.21 Å². The number of likely N-dealkylation sites (N-methyl/N-ethyl adjacent to an activating group) is 1. The number of carbonyl (C=O) groups is 1. The lowest BCUT2D eigenvalue weighted by Crippen LogP contribution is -2.49. The number of nitrogens with zero attached hydrogens (tertiary/aromatic N) is 2. The highest BCUT2D eigenvalue weighted by Gasteiger charge is 2.48. The van der Waals surface area contributed by atoms with Crippen LogP contribution < -0.4 is 0 Å². The van der Waals surface area contributed by atoms with Gasteiger partial charge >= 0.3 is 12.3 Å². The van der Waals surface area contributed by atoms with Crippen molar-refractivity contribution < 1.29 is 45.4 Å². The van der Waals surface area contributed by atoms with Crippen LogP contribution in [0.3, 0.4) is 0 Å². The predicted molar refractivity (Wildman–Crippen MR) is 103 cm³/mol. The highest BCUT2D eigenvalue weighted by Crippen LogP contribution is 2.39. The van der Waals surface area contributed by atoms with Crippen molar-refractivity contribution in [1.29, 1.82) is 0 Å². The molecule has 0 radical (unpaired) electrons. The summed E-state index contributed by atoms with van der Waals surface area (Å²) in [6, 6.07) is 3.98. The molecule has 1 amide bonds. The van der Waals surface area contributed by atoms with Crippen LogP contribution in [0.1, 0.15) is 19.3 Å². The van der Waals surface area contributed by atoms with Gasteiger partial charge in [0, 0.05) is 20.1 Å². The summed E-state index contributed by atoms with van der Waals surface area (Å²) in [6.45, 7) is -1.12. The molecule has 2 fully saturated rings. The number of alkyl halides is 3. The fraction of sp³-hybridized carbons (Fsp3) is 0.632. The maximum atomic E-state index is 13.1. The van der Waals surface area contributed by atoms with Crippen LogP contribution in [0.25, 0.3) is 0 Å². The van der Waals surface area contributed by atoms with Crippen LogP contribution >= 0.6 is 0 Å². The number of amides is 1. The minimum atomic E-state index is -4.87. The second kappa shape index (κ2) is 9.12. The zero-order valence-corrected chi connectivity index (χ0v) is 18.0. The zero-order chi connectivity index (χ0) is 23.7. The summed E-state index contributed by atoms with van der Waals surface area (Å²) in [7, 11) is -2.47. The lowest BCUT2D eigenvalue weighted by molar-refractivity contribution is -0.215. The molecule has 0 bridgehead atoms. The van der Waals surface area contributed by atoms with Crippen molar-refractivity contribution in [3.05, 3.63) is 30.1 Å². The molecule has 1 spiro atoms. The second-order valence-electron chi connectivity index (χ2n) is 7.91. The summed E-state index contributed by atoms with van der Waals surface area (Å²) in [6.07, 6.45) is -7.72. The number of aliphatic hydroxyl groups excluding tert-OH is 1. The third kappa shape index (κ3) is 5.16. The molecule has 2 aliphatic heterocycles. The van der Waals surface area contributed by atoms with Gasteiger partial charge in [0.25, 0.3) is 0 Å². The lowest BCUT2D eigenvalue weighted by atomic mass is 9.87. The lowest BCUT2D eigenvalue weighted by Gasteiger charge is -2.38. The summed E-state index contributed by atoms with van der Waals surface area (Å²) in [5.41, 5.74) is -0.714. The smallest absolute Gasteiger partial charge is 0.427 e. The van der Waals surface area contributed by atoms with E-state index >= 15 is 0 Å². The second-order valence-corrected chi connectivity index (χ2v) is 9.91. The number of rotatable bonds is 5. The standard InChI is InChI=1S/C19H24F4N2O6S/c1-24(32(28,29)15-4-2-13(20)3-5-15)14-10-18(30-12-14)6-8-25(9-7-18)17(27)31-16(11-26)19(21,22)23/h2-5,14,16,26H,6-12H2,1H3/t14?,16-/m0/s1. The molecule has 1 aromatic carbocycles. The largest absolute Gasteiger partial charge is 0.434 e. The molecule has 3 rings (SSSR count). The van der Waals surface area contributed by atoms with Crippen molar-refractivity contribution in [3.8, 4) is 0 Å². The molecule has 2 heterocycles. The average molecular weight is 484 g/mol. The Kier molecular flexibility index (Phi) is 7.03. The van der Waals surface area contributed by atoms with Gasteiger partial charge in [0.15, 0.2) is 0 Å². The van der Waals surface area contributed by atoms with Gasteiger partial charge in [0.1, 0.15) is 5.82 Å². The van der Waals surface area contributed by atoms with Gasteiger partial charge in [-0.2, -0.15) is 17.5 Å². The molecule has 180 valence electrons. The van der Waals surface area contributed by atoms with Gasteiger partial charge in [-0.15, -0.1) is 0 Å². The zero-order valence-electron chi connectivity index (χ0n) is 17.2. The van der Waals surface area contributed by atoms with Crippen molar-refractivity contribution in [2.24, 2.45) is 0 Å². The number of ether oxygens (including phenoxy) is 2. The third-order valence-electron chi connectivity index (χ3n) is 5.90. The van der Waals surface area contributed by atoms with Crippen LogP contribution in [0.5, 0.6) is 0 Å².